The summed E-state index contributed by atoms with van der Waals surface area (Å²) in [5.74, 6) is -1.30. The Morgan fingerprint density at radius 1 is 1.13 bits per heavy atom. The molecule has 10 nitrogen and oxygen atoms in total. The van der Waals surface area contributed by atoms with Crippen LogP contribution < -0.4 is 21.7 Å². The first-order chi connectivity index (χ1) is 14.9. The number of carbonyl (C=O) groups excluding carboxylic acids is 4. The van der Waals surface area contributed by atoms with Gasteiger partial charge in [-0.25, -0.2) is 19.2 Å². The maximum absolute atomic E-state index is 12.6. The first kappa shape index (κ1) is 21.8. The number of urea groups is 2. The molecule has 1 aromatic carbocycles. The van der Waals surface area contributed by atoms with Crippen LogP contribution in [-0.4, -0.2) is 37.2 Å². The lowest BCUT2D eigenvalue weighted by Crippen LogP contribution is -2.46. The molecule has 0 bridgehead atoms. The minimum atomic E-state index is -0.726. The Morgan fingerprint density at radius 3 is 2.48 bits per heavy atom. The van der Waals surface area contributed by atoms with Gasteiger partial charge in [0.2, 0.25) is 0 Å². The molecule has 2 heterocycles. The molecule has 11 heteroatoms. The number of amides is 4. The number of esters is 2. The third-order valence-corrected chi connectivity index (χ3v) is 5.15. The van der Waals surface area contributed by atoms with Gasteiger partial charge in [0.15, 0.2) is 0 Å². The Hall–Kier alpha value is -3.86. The lowest BCUT2D eigenvalue weighted by molar-refractivity contribution is -0.139. The molecule has 1 aromatic heterocycles. The van der Waals surface area contributed by atoms with Crippen LogP contribution in [0.15, 0.2) is 53.0 Å². The molecular weight excluding hydrogens is 424 g/mol. The van der Waals surface area contributed by atoms with Crippen molar-refractivity contribution in [3.05, 3.63) is 63.5 Å². The van der Waals surface area contributed by atoms with Gasteiger partial charge in [0.05, 0.1) is 29.5 Å². The van der Waals surface area contributed by atoms with Crippen molar-refractivity contribution in [3.63, 3.8) is 0 Å². The normalized spacial score (nSPS) is 15.5. The summed E-state index contributed by atoms with van der Waals surface area (Å²) in [6.07, 6.45) is 0. The summed E-state index contributed by atoms with van der Waals surface area (Å²) < 4.78 is 10.4. The second-order valence-corrected chi connectivity index (χ2v) is 7.28. The van der Waals surface area contributed by atoms with Gasteiger partial charge in [0.1, 0.15) is 6.61 Å². The second kappa shape index (κ2) is 9.76. The largest absolute Gasteiger partial charge is 0.463 e. The van der Waals surface area contributed by atoms with Crippen molar-refractivity contribution in [1.82, 2.24) is 10.6 Å². The van der Waals surface area contributed by atoms with Gasteiger partial charge >= 0.3 is 24.0 Å². The van der Waals surface area contributed by atoms with E-state index in [-0.39, 0.29) is 30.0 Å². The van der Waals surface area contributed by atoms with E-state index in [0.29, 0.717) is 5.69 Å². The van der Waals surface area contributed by atoms with Crippen LogP contribution in [-0.2, 0) is 14.3 Å². The van der Waals surface area contributed by atoms with Gasteiger partial charge in [0, 0.05) is 10.6 Å². The highest BCUT2D eigenvalue weighted by Crippen LogP contribution is 2.30. The second-order valence-electron chi connectivity index (χ2n) is 6.30. The average Bonchev–Trinajstić information content (AvgIpc) is 3.26. The van der Waals surface area contributed by atoms with E-state index in [4.69, 9.17) is 15.2 Å². The third-order valence-electron chi connectivity index (χ3n) is 4.21. The molecule has 0 saturated heterocycles. The first-order valence-electron chi connectivity index (χ1n) is 9.23. The Kier molecular flexibility index (Phi) is 6.88. The predicted octanol–water partition coefficient (Wildman–Crippen LogP) is 2.27. The Labute approximate surface area is 181 Å². The predicted molar refractivity (Wildman–Crippen MR) is 112 cm³/mol. The zero-order valence-corrected chi connectivity index (χ0v) is 17.3. The van der Waals surface area contributed by atoms with Crippen molar-refractivity contribution < 1.29 is 28.7 Å². The first-order valence-corrected chi connectivity index (χ1v) is 10.1. The molecule has 31 heavy (non-hydrogen) atoms. The van der Waals surface area contributed by atoms with Crippen molar-refractivity contribution in [3.8, 4) is 0 Å². The quantitative estimate of drug-likeness (QED) is 0.481. The number of nitrogens with two attached hydrogens (primary N) is 1. The van der Waals surface area contributed by atoms with Gasteiger partial charge in [0.25, 0.3) is 0 Å². The van der Waals surface area contributed by atoms with Crippen LogP contribution >= 0.6 is 11.3 Å². The smallest absolute Gasteiger partial charge is 0.338 e. The molecule has 5 N–H and O–H groups in total. The lowest BCUT2D eigenvalue weighted by Gasteiger charge is -2.28. The van der Waals surface area contributed by atoms with E-state index in [2.05, 4.69) is 16.0 Å². The fourth-order valence-corrected chi connectivity index (χ4v) is 3.69. The highest BCUT2D eigenvalue weighted by atomic mass is 32.1. The van der Waals surface area contributed by atoms with E-state index < -0.39 is 30.0 Å². The van der Waals surface area contributed by atoms with E-state index in [1.54, 1.807) is 19.1 Å². The van der Waals surface area contributed by atoms with Crippen molar-refractivity contribution in [1.29, 1.82) is 0 Å². The van der Waals surface area contributed by atoms with E-state index in [1.165, 1.54) is 35.6 Å². The van der Waals surface area contributed by atoms with Gasteiger partial charge in [-0.2, -0.15) is 0 Å². The molecule has 162 valence electrons. The maximum Gasteiger partial charge on any atom is 0.338 e. The minimum Gasteiger partial charge on any atom is -0.463 e. The highest BCUT2D eigenvalue weighted by Gasteiger charge is 2.34. The van der Waals surface area contributed by atoms with Crippen molar-refractivity contribution in [2.45, 2.75) is 13.0 Å². The van der Waals surface area contributed by atoms with E-state index >= 15 is 0 Å². The number of rotatable bonds is 7. The summed E-state index contributed by atoms with van der Waals surface area (Å²) in [5, 5.41) is 9.43. The van der Waals surface area contributed by atoms with Crippen LogP contribution in [0.3, 0.4) is 0 Å². The number of hydrogen-bond donors (Lipinski definition) is 4. The molecule has 1 atom stereocenters. The number of carbonyl (C=O) groups is 4. The molecule has 0 saturated carbocycles. The summed E-state index contributed by atoms with van der Waals surface area (Å²) in [7, 11) is 0. The number of anilines is 1. The van der Waals surface area contributed by atoms with Crippen LogP contribution in [0.25, 0.3) is 0 Å². The summed E-state index contributed by atoms with van der Waals surface area (Å²) in [6, 6.07) is 7.48. The van der Waals surface area contributed by atoms with Crippen LogP contribution in [0.2, 0.25) is 0 Å². The van der Waals surface area contributed by atoms with Crippen molar-refractivity contribution >= 4 is 41.0 Å². The van der Waals surface area contributed by atoms with E-state index in [0.717, 1.165) is 4.88 Å². The van der Waals surface area contributed by atoms with Crippen LogP contribution in [0, 0.1) is 0 Å². The molecule has 0 fully saturated rings. The minimum absolute atomic E-state index is 0.140. The topological polar surface area (TPSA) is 149 Å². The van der Waals surface area contributed by atoms with Crippen molar-refractivity contribution in [2.24, 2.45) is 5.73 Å². The number of benzene rings is 1. The molecule has 1 aliphatic rings. The maximum atomic E-state index is 12.6. The Balaban J connectivity index is 1.81. The fourth-order valence-electron chi connectivity index (χ4n) is 2.90. The lowest BCUT2D eigenvalue weighted by atomic mass is 10.0. The highest BCUT2D eigenvalue weighted by molar-refractivity contribution is 7.10. The summed E-state index contributed by atoms with van der Waals surface area (Å²) in [5.41, 5.74) is 5.98. The van der Waals surface area contributed by atoms with E-state index in [1.807, 2.05) is 5.38 Å². The molecule has 2 aromatic rings. The SMILES string of the molecule is CCOC(=O)C1=C(COC(=O)c2ccc(NC(N)=O)cc2)NC(=O)NC1c1cccs1. The summed E-state index contributed by atoms with van der Waals surface area (Å²) >= 11 is 1.37. The zero-order chi connectivity index (χ0) is 22.4. The monoisotopic (exact) mass is 444 g/mol. The molecule has 4 amide bonds. The number of primary amides is 1. The molecular formula is C20H20N4O6S. The fraction of sp³-hybridized carbons (Fsp3) is 0.200. The summed E-state index contributed by atoms with van der Waals surface area (Å²) in [4.78, 5) is 48.8. The van der Waals surface area contributed by atoms with Crippen LogP contribution in [0.5, 0.6) is 0 Å². The van der Waals surface area contributed by atoms with Gasteiger partial charge in [-0.15, -0.1) is 11.3 Å². The van der Waals surface area contributed by atoms with Gasteiger partial charge in [-0.05, 0) is 42.6 Å². The van der Waals surface area contributed by atoms with Crippen LogP contribution in [0.1, 0.15) is 28.2 Å². The number of thiophene rings is 1. The average molecular weight is 444 g/mol. The third kappa shape index (κ3) is 5.39. The Bertz CT molecular complexity index is 1020. The standard InChI is InChI=1S/C20H20N4O6S/c1-2-29-18(26)15-13(23-20(28)24-16(15)14-4-3-9-31-14)10-30-17(25)11-5-7-12(8-6-11)22-19(21)27/h3-9,16H,2,10H2,1H3,(H3,21,22,27)(H2,23,24,28). The Morgan fingerprint density at radius 2 is 1.87 bits per heavy atom. The summed E-state index contributed by atoms with van der Waals surface area (Å²) in [6.45, 7) is 1.47. The molecule has 0 radical (unpaired) electrons. The molecule has 1 unspecified atom stereocenters. The molecule has 0 spiro atoms. The van der Waals surface area contributed by atoms with Gasteiger partial charge in [-0.3, -0.25) is 0 Å². The molecule has 1 aliphatic heterocycles. The number of hydrogen-bond acceptors (Lipinski definition) is 7. The number of nitrogens with one attached hydrogen (secondary N) is 3. The zero-order valence-electron chi connectivity index (χ0n) is 16.5. The van der Waals surface area contributed by atoms with Gasteiger partial charge in [-0.1, -0.05) is 6.07 Å². The van der Waals surface area contributed by atoms with Gasteiger partial charge < -0.3 is 31.2 Å². The van der Waals surface area contributed by atoms with Crippen LogP contribution in [0.4, 0.5) is 15.3 Å². The molecule has 3 rings (SSSR count). The molecule has 0 aliphatic carbocycles. The number of ether oxygens (including phenoxy) is 2. The van der Waals surface area contributed by atoms with Crippen molar-refractivity contribution in [2.75, 3.05) is 18.5 Å². The van der Waals surface area contributed by atoms with E-state index in [9.17, 15) is 19.2 Å².